The third-order valence-electron chi connectivity index (χ3n) is 2.85. The minimum Gasteiger partial charge on any atom is -0.330 e. The van der Waals surface area contributed by atoms with Crippen molar-refractivity contribution in [3.05, 3.63) is 17.5 Å². The van der Waals surface area contributed by atoms with Gasteiger partial charge in [0.15, 0.2) is 0 Å². The van der Waals surface area contributed by atoms with Crippen molar-refractivity contribution < 1.29 is 0 Å². The second-order valence-electron chi connectivity index (χ2n) is 4.20. The van der Waals surface area contributed by atoms with Crippen LogP contribution in [0, 0.1) is 12.8 Å². The minimum absolute atomic E-state index is 0.712. The molecule has 0 atom stereocenters. The van der Waals surface area contributed by atoms with Gasteiger partial charge in [-0.15, -0.1) is 0 Å². The summed E-state index contributed by atoms with van der Waals surface area (Å²) in [6, 6.07) is 2.15. The van der Waals surface area contributed by atoms with Gasteiger partial charge < -0.3 is 5.73 Å². The van der Waals surface area contributed by atoms with Gasteiger partial charge in [0.25, 0.3) is 0 Å². The van der Waals surface area contributed by atoms with Crippen molar-refractivity contribution in [2.75, 3.05) is 19.6 Å². The Morgan fingerprint density at radius 2 is 2.29 bits per heavy atom. The van der Waals surface area contributed by atoms with Crippen molar-refractivity contribution in [3.63, 3.8) is 0 Å². The fraction of sp³-hybridized carbons (Fsp3) is 0.700. The highest BCUT2D eigenvalue weighted by Gasteiger charge is 2.25. The average molecular weight is 194 g/mol. The van der Waals surface area contributed by atoms with Crippen molar-refractivity contribution in [2.45, 2.75) is 13.5 Å². The molecule has 0 spiro atoms. The molecule has 0 bridgehead atoms. The molecule has 78 valence electrons. The lowest BCUT2D eigenvalue weighted by molar-refractivity contribution is 0.0951. The molecule has 2 rings (SSSR count). The van der Waals surface area contributed by atoms with E-state index >= 15 is 0 Å². The van der Waals surface area contributed by atoms with Crippen LogP contribution < -0.4 is 5.73 Å². The highest BCUT2D eigenvalue weighted by molar-refractivity contribution is 5.09. The standard InChI is InChI=1S/C10H18N4/c1-8-3-10(13(2)12-8)7-14-5-9(4-11)6-14/h3,9H,4-7,11H2,1-2H3. The van der Waals surface area contributed by atoms with Crippen LogP contribution >= 0.6 is 0 Å². The van der Waals surface area contributed by atoms with Crippen LogP contribution in [0.3, 0.4) is 0 Å². The number of hydrogen-bond donors (Lipinski definition) is 1. The van der Waals surface area contributed by atoms with Gasteiger partial charge in [0.2, 0.25) is 0 Å². The van der Waals surface area contributed by atoms with E-state index in [1.54, 1.807) is 0 Å². The largest absolute Gasteiger partial charge is 0.330 e. The van der Waals surface area contributed by atoms with Crippen LogP contribution in [0.1, 0.15) is 11.4 Å². The Balaban J connectivity index is 1.90. The van der Waals surface area contributed by atoms with Crippen LogP contribution in [0.2, 0.25) is 0 Å². The zero-order valence-corrected chi connectivity index (χ0v) is 8.90. The summed E-state index contributed by atoms with van der Waals surface area (Å²) < 4.78 is 1.96. The fourth-order valence-corrected chi connectivity index (χ4v) is 2.00. The lowest BCUT2D eigenvalue weighted by Gasteiger charge is -2.38. The Kier molecular flexibility index (Phi) is 2.56. The molecule has 0 amide bonds. The molecule has 0 saturated carbocycles. The Morgan fingerprint density at radius 1 is 1.57 bits per heavy atom. The Bertz CT molecular complexity index is 312. The number of nitrogens with zero attached hydrogens (tertiary/aromatic N) is 3. The van der Waals surface area contributed by atoms with E-state index in [0.29, 0.717) is 5.92 Å². The molecule has 1 fully saturated rings. The van der Waals surface area contributed by atoms with Crippen molar-refractivity contribution >= 4 is 0 Å². The van der Waals surface area contributed by atoms with Crippen LogP contribution in [0.4, 0.5) is 0 Å². The molecule has 4 heteroatoms. The van der Waals surface area contributed by atoms with Gasteiger partial charge in [-0.1, -0.05) is 0 Å². The quantitative estimate of drug-likeness (QED) is 0.743. The van der Waals surface area contributed by atoms with Crippen LogP contribution in [0.25, 0.3) is 0 Å². The minimum atomic E-state index is 0.712. The van der Waals surface area contributed by atoms with Crippen molar-refractivity contribution in [1.82, 2.24) is 14.7 Å². The normalized spacial score (nSPS) is 18.5. The van der Waals surface area contributed by atoms with Gasteiger partial charge in [-0.2, -0.15) is 5.10 Å². The molecule has 2 N–H and O–H groups in total. The molecule has 1 aliphatic heterocycles. The van der Waals surface area contributed by atoms with Gasteiger partial charge in [-0.25, -0.2) is 0 Å². The first-order valence-electron chi connectivity index (χ1n) is 5.11. The van der Waals surface area contributed by atoms with Gasteiger partial charge in [0, 0.05) is 26.7 Å². The summed E-state index contributed by atoms with van der Waals surface area (Å²) in [5, 5.41) is 4.33. The van der Waals surface area contributed by atoms with Crippen LogP contribution in [0.15, 0.2) is 6.07 Å². The number of aryl methyl sites for hydroxylation is 2. The first kappa shape index (κ1) is 9.68. The lowest BCUT2D eigenvalue weighted by atomic mass is 10.0. The Hall–Kier alpha value is -0.870. The molecule has 0 unspecified atom stereocenters. The highest BCUT2D eigenvalue weighted by atomic mass is 15.3. The van der Waals surface area contributed by atoms with E-state index in [-0.39, 0.29) is 0 Å². The molecule has 4 nitrogen and oxygen atoms in total. The molecule has 2 heterocycles. The van der Waals surface area contributed by atoms with Crippen molar-refractivity contribution in [1.29, 1.82) is 0 Å². The second kappa shape index (κ2) is 3.71. The average Bonchev–Trinajstić information content (AvgIpc) is 2.37. The molecule has 1 saturated heterocycles. The smallest absolute Gasteiger partial charge is 0.0597 e. The molecule has 0 radical (unpaired) electrons. The van der Waals surface area contributed by atoms with E-state index < -0.39 is 0 Å². The van der Waals surface area contributed by atoms with Crippen LogP contribution in [-0.4, -0.2) is 34.3 Å². The van der Waals surface area contributed by atoms with E-state index in [2.05, 4.69) is 16.1 Å². The van der Waals surface area contributed by atoms with Gasteiger partial charge >= 0.3 is 0 Å². The third kappa shape index (κ3) is 1.81. The monoisotopic (exact) mass is 194 g/mol. The Morgan fingerprint density at radius 3 is 2.79 bits per heavy atom. The van der Waals surface area contributed by atoms with Crippen molar-refractivity contribution in [3.8, 4) is 0 Å². The summed E-state index contributed by atoms with van der Waals surface area (Å²) in [4.78, 5) is 2.41. The highest BCUT2D eigenvalue weighted by Crippen LogP contribution is 2.17. The predicted molar refractivity (Wildman–Crippen MR) is 55.8 cm³/mol. The number of nitrogens with two attached hydrogens (primary N) is 1. The summed E-state index contributed by atoms with van der Waals surface area (Å²) in [6.07, 6.45) is 0. The molecular weight excluding hydrogens is 176 g/mol. The second-order valence-corrected chi connectivity index (χ2v) is 4.20. The summed E-state index contributed by atoms with van der Waals surface area (Å²) in [5.74, 6) is 0.712. The van der Waals surface area contributed by atoms with E-state index in [4.69, 9.17) is 5.73 Å². The number of rotatable bonds is 3. The summed E-state index contributed by atoms with van der Waals surface area (Å²) in [5.41, 5.74) is 7.96. The zero-order valence-electron chi connectivity index (χ0n) is 8.90. The summed E-state index contributed by atoms with van der Waals surface area (Å²) in [6.45, 7) is 6.14. The first-order valence-corrected chi connectivity index (χ1v) is 5.11. The zero-order chi connectivity index (χ0) is 10.1. The molecule has 1 aromatic heterocycles. The lowest BCUT2D eigenvalue weighted by Crippen LogP contribution is -2.49. The summed E-state index contributed by atoms with van der Waals surface area (Å²) in [7, 11) is 2.00. The molecule has 0 aromatic carbocycles. The van der Waals surface area contributed by atoms with E-state index in [0.717, 1.165) is 31.9 Å². The van der Waals surface area contributed by atoms with E-state index in [9.17, 15) is 0 Å². The molecule has 1 aromatic rings. The number of likely N-dealkylation sites (tertiary alicyclic amines) is 1. The maximum atomic E-state index is 5.58. The van der Waals surface area contributed by atoms with Gasteiger partial charge in [-0.3, -0.25) is 9.58 Å². The topological polar surface area (TPSA) is 47.1 Å². The van der Waals surface area contributed by atoms with Crippen LogP contribution in [-0.2, 0) is 13.6 Å². The maximum Gasteiger partial charge on any atom is 0.0597 e. The van der Waals surface area contributed by atoms with Gasteiger partial charge in [0.05, 0.1) is 11.4 Å². The first-order chi connectivity index (χ1) is 6.69. The molecular formula is C10H18N4. The SMILES string of the molecule is Cc1cc(CN2CC(CN)C2)n(C)n1. The van der Waals surface area contributed by atoms with Crippen molar-refractivity contribution in [2.24, 2.45) is 18.7 Å². The number of aromatic nitrogens is 2. The van der Waals surface area contributed by atoms with Gasteiger partial charge in [-0.05, 0) is 25.5 Å². The predicted octanol–water partition coefficient (Wildman–Crippen LogP) is 0.119. The fourth-order valence-electron chi connectivity index (χ4n) is 2.00. The van der Waals surface area contributed by atoms with Gasteiger partial charge in [0.1, 0.15) is 0 Å². The Labute approximate surface area is 84.7 Å². The number of hydrogen-bond acceptors (Lipinski definition) is 3. The maximum absolute atomic E-state index is 5.58. The van der Waals surface area contributed by atoms with E-state index in [1.807, 2.05) is 18.7 Å². The molecule has 1 aliphatic rings. The van der Waals surface area contributed by atoms with Crippen LogP contribution in [0.5, 0.6) is 0 Å². The van der Waals surface area contributed by atoms with E-state index in [1.165, 1.54) is 5.69 Å². The third-order valence-corrected chi connectivity index (χ3v) is 2.85. The molecule has 0 aliphatic carbocycles. The molecule has 14 heavy (non-hydrogen) atoms. The summed E-state index contributed by atoms with van der Waals surface area (Å²) >= 11 is 0.